The lowest BCUT2D eigenvalue weighted by atomic mass is 10.1. The summed E-state index contributed by atoms with van der Waals surface area (Å²) in [6.07, 6.45) is 6.42. The number of methoxy groups -OCH3 is 1. The first-order valence-corrected chi connectivity index (χ1v) is 6.70. The smallest absolute Gasteiger partial charge is 0.224 e. The minimum atomic E-state index is 0.0831. The highest BCUT2D eigenvalue weighted by Gasteiger charge is 2.02. The number of hydrogen-bond acceptors (Lipinski definition) is 2. The Labute approximate surface area is 110 Å². The predicted octanol–water partition coefficient (Wildman–Crippen LogP) is 3.99. The standard InChI is InChI=1S/C15H23NO2/c1-3-4-5-6-7-11-15(17)16-13-9-8-10-14(12-13)18-2/h8-10,12H,3-7,11H2,1-2H3,(H,16,17). The third-order valence-electron chi connectivity index (χ3n) is 2.86. The molecule has 3 heteroatoms. The molecule has 0 spiro atoms. The second-order valence-electron chi connectivity index (χ2n) is 4.44. The van der Waals surface area contributed by atoms with Crippen LogP contribution in [0.15, 0.2) is 24.3 Å². The molecule has 1 aromatic rings. The number of benzene rings is 1. The van der Waals surface area contributed by atoms with Gasteiger partial charge < -0.3 is 10.1 Å². The fourth-order valence-electron chi connectivity index (χ4n) is 1.81. The highest BCUT2D eigenvalue weighted by molar-refractivity contribution is 5.90. The van der Waals surface area contributed by atoms with E-state index in [0.717, 1.165) is 24.3 Å². The fraction of sp³-hybridized carbons (Fsp3) is 0.533. The summed E-state index contributed by atoms with van der Waals surface area (Å²) in [7, 11) is 1.62. The maximum Gasteiger partial charge on any atom is 0.224 e. The van der Waals surface area contributed by atoms with Crippen LogP contribution >= 0.6 is 0 Å². The molecule has 0 aromatic heterocycles. The van der Waals surface area contributed by atoms with Gasteiger partial charge in [0, 0.05) is 18.2 Å². The van der Waals surface area contributed by atoms with Crippen molar-refractivity contribution in [3.05, 3.63) is 24.3 Å². The summed E-state index contributed by atoms with van der Waals surface area (Å²) in [5, 5.41) is 2.89. The molecule has 1 rings (SSSR count). The van der Waals surface area contributed by atoms with Crippen LogP contribution in [0.2, 0.25) is 0 Å². The number of nitrogens with one attached hydrogen (secondary N) is 1. The van der Waals surface area contributed by atoms with Crippen molar-refractivity contribution < 1.29 is 9.53 Å². The van der Waals surface area contributed by atoms with Crippen molar-refractivity contribution >= 4 is 11.6 Å². The Morgan fingerprint density at radius 1 is 1.22 bits per heavy atom. The lowest BCUT2D eigenvalue weighted by Gasteiger charge is -2.06. The third-order valence-corrected chi connectivity index (χ3v) is 2.86. The molecule has 1 aromatic carbocycles. The van der Waals surface area contributed by atoms with Crippen LogP contribution < -0.4 is 10.1 Å². The summed E-state index contributed by atoms with van der Waals surface area (Å²) >= 11 is 0. The number of ether oxygens (including phenoxy) is 1. The number of unbranched alkanes of at least 4 members (excludes halogenated alkanes) is 4. The second kappa shape index (κ2) is 8.56. The van der Waals surface area contributed by atoms with Gasteiger partial charge in [0.2, 0.25) is 5.91 Å². The molecule has 18 heavy (non-hydrogen) atoms. The number of anilines is 1. The Morgan fingerprint density at radius 2 is 2.00 bits per heavy atom. The zero-order valence-corrected chi connectivity index (χ0v) is 11.4. The van der Waals surface area contributed by atoms with Gasteiger partial charge in [0.25, 0.3) is 0 Å². The zero-order valence-electron chi connectivity index (χ0n) is 11.4. The summed E-state index contributed by atoms with van der Waals surface area (Å²) in [6.45, 7) is 2.19. The molecule has 0 atom stereocenters. The topological polar surface area (TPSA) is 38.3 Å². The molecule has 100 valence electrons. The van der Waals surface area contributed by atoms with Crippen molar-refractivity contribution in [3.8, 4) is 5.75 Å². The maximum absolute atomic E-state index is 11.7. The summed E-state index contributed by atoms with van der Waals surface area (Å²) in [4.78, 5) is 11.7. The summed E-state index contributed by atoms with van der Waals surface area (Å²) in [6, 6.07) is 7.43. The van der Waals surface area contributed by atoms with E-state index in [1.165, 1.54) is 19.3 Å². The van der Waals surface area contributed by atoms with Crippen molar-refractivity contribution in [3.63, 3.8) is 0 Å². The molecule has 0 heterocycles. The Bertz CT molecular complexity index is 363. The van der Waals surface area contributed by atoms with Gasteiger partial charge in [0.15, 0.2) is 0 Å². The van der Waals surface area contributed by atoms with E-state index < -0.39 is 0 Å². The van der Waals surface area contributed by atoms with Crippen molar-refractivity contribution in [2.75, 3.05) is 12.4 Å². The third kappa shape index (κ3) is 5.71. The van der Waals surface area contributed by atoms with Crippen LogP contribution in [0.5, 0.6) is 5.75 Å². The monoisotopic (exact) mass is 249 g/mol. The summed E-state index contributed by atoms with van der Waals surface area (Å²) < 4.78 is 5.11. The predicted molar refractivity (Wildman–Crippen MR) is 75.0 cm³/mol. The van der Waals surface area contributed by atoms with Gasteiger partial charge in [-0.15, -0.1) is 0 Å². The van der Waals surface area contributed by atoms with Crippen molar-refractivity contribution in [1.82, 2.24) is 0 Å². The van der Waals surface area contributed by atoms with Gasteiger partial charge in [0.1, 0.15) is 5.75 Å². The molecule has 0 aliphatic rings. The lowest BCUT2D eigenvalue weighted by Crippen LogP contribution is -2.10. The number of amides is 1. The van der Waals surface area contributed by atoms with Crippen LogP contribution in [-0.2, 0) is 4.79 Å². The van der Waals surface area contributed by atoms with Gasteiger partial charge in [-0.1, -0.05) is 38.7 Å². The van der Waals surface area contributed by atoms with Crippen LogP contribution in [-0.4, -0.2) is 13.0 Å². The van der Waals surface area contributed by atoms with E-state index in [-0.39, 0.29) is 5.91 Å². The van der Waals surface area contributed by atoms with Crippen LogP contribution in [0.1, 0.15) is 45.4 Å². The number of carbonyl (C=O) groups is 1. The lowest BCUT2D eigenvalue weighted by molar-refractivity contribution is -0.116. The van der Waals surface area contributed by atoms with Gasteiger partial charge >= 0.3 is 0 Å². The Kier molecular flexibility index (Phi) is 6.92. The molecule has 0 bridgehead atoms. The highest BCUT2D eigenvalue weighted by Crippen LogP contribution is 2.17. The maximum atomic E-state index is 11.7. The van der Waals surface area contributed by atoms with Crippen molar-refractivity contribution in [2.24, 2.45) is 0 Å². The molecule has 0 aliphatic carbocycles. The van der Waals surface area contributed by atoms with Crippen molar-refractivity contribution in [2.45, 2.75) is 45.4 Å². The SMILES string of the molecule is CCCCCCCC(=O)Nc1cccc(OC)c1. The second-order valence-corrected chi connectivity index (χ2v) is 4.44. The average molecular weight is 249 g/mol. The van der Waals surface area contributed by atoms with Gasteiger partial charge in [-0.3, -0.25) is 4.79 Å². The first-order valence-electron chi connectivity index (χ1n) is 6.70. The van der Waals surface area contributed by atoms with Crippen LogP contribution in [0, 0.1) is 0 Å². The molecule has 0 saturated carbocycles. The Morgan fingerprint density at radius 3 is 2.72 bits per heavy atom. The molecule has 1 N–H and O–H groups in total. The minimum Gasteiger partial charge on any atom is -0.497 e. The molecule has 0 aliphatic heterocycles. The molecule has 0 unspecified atom stereocenters. The molecule has 0 fully saturated rings. The minimum absolute atomic E-state index is 0.0831. The first-order chi connectivity index (χ1) is 8.76. The van der Waals surface area contributed by atoms with Gasteiger partial charge in [-0.05, 0) is 18.6 Å². The van der Waals surface area contributed by atoms with E-state index in [9.17, 15) is 4.79 Å². The van der Waals surface area contributed by atoms with E-state index in [2.05, 4.69) is 12.2 Å². The van der Waals surface area contributed by atoms with Gasteiger partial charge in [-0.2, -0.15) is 0 Å². The zero-order chi connectivity index (χ0) is 13.2. The summed E-state index contributed by atoms with van der Waals surface area (Å²) in [5.41, 5.74) is 0.799. The first kappa shape index (κ1) is 14.6. The van der Waals surface area contributed by atoms with Crippen LogP contribution in [0.25, 0.3) is 0 Å². The average Bonchev–Trinajstić information content (AvgIpc) is 2.38. The van der Waals surface area contributed by atoms with Gasteiger partial charge in [0.05, 0.1) is 7.11 Å². The molecular formula is C15H23NO2. The number of rotatable bonds is 8. The van der Waals surface area contributed by atoms with E-state index in [0.29, 0.717) is 6.42 Å². The molecular weight excluding hydrogens is 226 g/mol. The fourth-order valence-corrected chi connectivity index (χ4v) is 1.81. The van der Waals surface area contributed by atoms with Gasteiger partial charge in [-0.25, -0.2) is 0 Å². The van der Waals surface area contributed by atoms with Crippen LogP contribution in [0.4, 0.5) is 5.69 Å². The molecule has 1 amide bonds. The Hall–Kier alpha value is -1.51. The molecule has 0 radical (unpaired) electrons. The number of carbonyl (C=O) groups excluding carboxylic acids is 1. The largest absolute Gasteiger partial charge is 0.497 e. The quantitative estimate of drug-likeness (QED) is 0.707. The summed E-state index contributed by atoms with van der Waals surface area (Å²) in [5.74, 6) is 0.843. The number of hydrogen-bond donors (Lipinski definition) is 1. The van der Waals surface area contributed by atoms with E-state index in [1.807, 2.05) is 24.3 Å². The van der Waals surface area contributed by atoms with E-state index in [4.69, 9.17) is 4.74 Å². The van der Waals surface area contributed by atoms with E-state index >= 15 is 0 Å². The highest BCUT2D eigenvalue weighted by atomic mass is 16.5. The van der Waals surface area contributed by atoms with Crippen LogP contribution in [0.3, 0.4) is 0 Å². The molecule has 3 nitrogen and oxygen atoms in total. The van der Waals surface area contributed by atoms with E-state index in [1.54, 1.807) is 7.11 Å². The Balaban J connectivity index is 2.26. The van der Waals surface area contributed by atoms with Crippen molar-refractivity contribution in [1.29, 1.82) is 0 Å². The normalized spacial score (nSPS) is 10.1. The molecule has 0 saturated heterocycles.